The van der Waals surface area contributed by atoms with Gasteiger partial charge in [0.1, 0.15) is 6.33 Å². The zero-order valence-corrected chi connectivity index (χ0v) is 13.0. The summed E-state index contributed by atoms with van der Waals surface area (Å²) >= 11 is 0. The fourth-order valence-corrected chi connectivity index (χ4v) is 3.00. The molecule has 0 radical (unpaired) electrons. The molecule has 23 heavy (non-hydrogen) atoms. The fourth-order valence-electron chi connectivity index (χ4n) is 3.00. The molecule has 2 aromatic heterocycles. The summed E-state index contributed by atoms with van der Waals surface area (Å²) in [5.41, 5.74) is 1.01. The first-order valence-electron chi connectivity index (χ1n) is 7.79. The predicted molar refractivity (Wildman–Crippen MR) is 82.8 cm³/mol. The van der Waals surface area contributed by atoms with Gasteiger partial charge in [0.15, 0.2) is 5.82 Å². The number of aryl methyl sites for hydroxylation is 1. The lowest BCUT2D eigenvalue weighted by molar-refractivity contribution is 0.208. The van der Waals surface area contributed by atoms with Crippen LogP contribution in [0.25, 0.3) is 5.69 Å². The fraction of sp³-hybridized carbons (Fsp3) is 0.375. The van der Waals surface area contributed by atoms with Crippen LogP contribution in [0.4, 0.5) is 0 Å². The lowest BCUT2D eigenvalue weighted by Gasteiger charge is -2.19. The number of aromatic nitrogens is 5. The molecule has 1 saturated heterocycles. The summed E-state index contributed by atoms with van der Waals surface area (Å²) in [6.07, 6.45) is 3.90. The van der Waals surface area contributed by atoms with E-state index in [9.17, 15) is 0 Å². The Balaban J connectivity index is 1.50. The first-order valence-corrected chi connectivity index (χ1v) is 7.79. The Bertz CT molecular complexity index is 781. The van der Waals surface area contributed by atoms with E-state index in [-0.39, 0.29) is 6.04 Å². The van der Waals surface area contributed by atoms with E-state index < -0.39 is 0 Å². The van der Waals surface area contributed by atoms with Crippen LogP contribution < -0.4 is 0 Å². The molecule has 0 aliphatic carbocycles. The maximum absolute atomic E-state index is 5.60. The van der Waals surface area contributed by atoms with Crippen molar-refractivity contribution in [2.24, 2.45) is 0 Å². The maximum Gasteiger partial charge on any atom is 0.233 e. The maximum atomic E-state index is 5.60. The van der Waals surface area contributed by atoms with Crippen molar-refractivity contribution in [3.63, 3.8) is 0 Å². The van der Waals surface area contributed by atoms with Gasteiger partial charge in [-0.1, -0.05) is 18.2 Å². The Morgan fingerprint density at radius 2 is 2.09 bits per heavy atom. The van der Waals surface area contributed by atoms with E-state index in [0.29, 0.717) is 18.3 Å². The largest absolute Gasteiger partial charge is 0.424 e. The monoisotopic (exact) mass is 310 g/mol. The minimum absolute atomic E-state index is 0.167. The molecule has 0 saturated carbocycles. The highest BCUT2D eigenvalue weighted by Crippen LogP contribution is 2.31. The van der Waals surface area contributed by atoms with Crippen LogP contribution in [0.3, 0.4) is 0 Å². The molecule has 0 spiro atoms. The third-order valence-electron chi connectivity index (χ3n) is 4.09. The number of rotatable bonds is 4. The number of likely N-dealkylation sites (tertiary alicyclic amines) is 1. The molecule has 3 aromatic rings. The van der Waals surface area contributed by atoms with Crippen LogP contribution in [0.2, 0.25) is 0 Å². The lowest BCUT2D eigenvalue weighted by Crippen LogP contribution is -2.23. The molecule has 0 bridgehead atoms. The van der Waals surface area contributed by atoms with Crippen molar-refractivity contribution in [3.8, 4) is 5.69 Å². The highest BCUT2D eigenvalue weighted by molar-refractivity contribution is 5.29. The van der Waals surface area contributed by atoms with Gasteiger partial charge in [0.25, 0.3) is 0 Å². The summed E-state index contributed by atoms with van der Waals surface area (Å²) in [6, 6.07) is 10.2. The van der Waals surface area contributed by atoms with Crippen LogP contribution >= 0.6 is 0 Å². The predicted octanol–water partition coefficient (Wildman–Crippen LogP) is 2.30. The average Bonchev–Trinajstić information content (AvgIpc) is 3.29. The van der Waals surface area contributed by atoms with Crippen LogP contribution in [0.15, 0.2) is 41.1 Å². The van der Waals surface area contributed by atoms with Gasteiger partial charge in [0.2, 0.25) is 11.8 Å². The van der Waals surface area contributed by atoms with Crippen LogP contribution in [-0.4, -0.2) is 36.4 Å². The van der Waals surface area contributed by atoms with Crippen LogP contribution in [0.1, 0.15) is 36.5 Å². The number of benzene rings is 1. The summed E-state index contributed by atoms with van der Waals surface area (Å²) in [5, 5.41) is 12.7. The number of para-hydroxylation sites is 1. The van der Waals surface area contributed by atoms with E-state index >= 15 is 0 Å². The Labute approximate surface area is 134 Å². The van der Waals surface area contributed by atoms with Crippen LogP contribution in [0.5, 0.6) is 0 Å². The number of nitrogens with zero attached hydrogens (tertiary/aromatic N) is 6. The van der Waals surface area contributed by atoms with Gasteiger partial charge in [-0.3, -0.25) is 4.90 Å². The molecule has 1 atom stereocenters. The molecule has 1 aliphatic heterocycles. The van der Waals surface area contributed by atoms with E-state index in [4.69, 9.17) is 4.42 Å². The Morgan fingerprint density at radius 1 is 1.22 bits per heavy atom. The van der Waals surface area contributed by atoms with Crippen LogP contribution in [0, 0.1) is 6.92 Å². The van der Waals surface area contributed by atoms with Crippen molar-refractivity contribution < 1.29 is 4.42 Å². The van der Waals surface area contributed by atoms with Crippen molar-refractivity contribution in [2.45, 2.75) is 32.4 Å². The summed E-state index contributed by atoms with van der Waals surface area (Å²) in [7, 11) is 0. The lowest BCUT2D eigenvalue weighted by atomic mass is 10.2. The standard InChI is InChI=1S/C16H18N6O/c1-12-18-19-16(23-12)14-8-5-9-21(14)10-15-17-11-22(20-15)13-6-3-2-4-7-13/h2-4,6-7,11,14H,5,8-10H2,1H3. The van der Waals surface area contributed by atoms with Crippen molar-refractivity contribution >= 4 is 0 Å². The van der Waals surface area contributed by atoms with Gasteiger partial charge in [-0.25, -0.2) is 9.67 Å². The van der Waals surface area contributed by atoms with Crippen molar-refractivity contribution in [2.75, 3.05) is 6.54 Å². The Hall–Kier alpha value is -2.54. The van der Waals surface area contributed by atoms with E-state index in [1.807, 2.05) is 37.3 Å². The molecule has 1 fully saturated rings. The molecule has 0 amide bonds. The first-order chi connectivity index (χ1) is 11.3. The van der Waals surface area contributed by atoms with Gasteiger partial charge in [-0.15, -0.1) is 15.3 Å². The van der Waals surface area contributed by atoms with E-state index in [1.54, 1.807) is 11.0 Å². The van der Waals surface area contributed by atoms with Gasteiger partial charge >= 0.3 is 0 Å². The second kappa shape index (κ2) is 5.92. The quantitative estimate of drug-likeness (QED) is 0.736. The molecule has 3 heterocycles. The zero-order valence-electron chi connectivity index (χ0n) is 13.0. The minimum atomic E-state index is 0.167. The molecular weight excluding hydrogens is 292 g/mol. The zero-order chi connectivity index (χ0) is 15.6. The highest BCUT2D eigenvalue weighted by Gasteiger charge is 2.30. The van der Waals surface area contributed by atoms with Gasteiger partial charge in [-0.2, -0.15) is 0 Å². The van der Waals surface area contributed by atoms with E-state index in [0.717, 1.165) is 30.9 Å². The molecule has 7 heteroatoms. The summed E-state index contributed by atoms with van der Waals surface area (Å²) < 4.78 is 7.40. The van der Waals surface area contributed by atoms with Gasteiger partial charge in [0.05, 0.1) is 18.3 Å². The normalized spacial score (nSPS) is 18.6. The Morgan fingerprint density at radius 3 is 2.87 bits per heavy atom. The van der Waals surface area contributed by atoms with Crippen molar-refractivity contribution in [1.29, 1.82) is 0 Å². The molecule has 7 nitrogen and oxygen atoms in total. The second-order valence-corrected chi connectivity index (χ2v) is 5.73. The summed E-state index contributed by atoms with van der Waals surface area (Å²) in [6.45, 7) is 3.50. The summed E-state index contributed by atoms with van der Waals surface area (Å²) in [5.74, 6) is 2.11. The smallest absolute Gasteiger partial charge is 0.233 e. The third-order valence-corrected chi connectivity index (χ3v) is 4.09. The van der Waals surface area contributed by atoms with Gasteiger partial charge in [0, 0.05) is 6.92 Å². The van der Waals surface area contributed by atoms with Gasteiger partial charge in [-0.05, 0) is 31.5 Å². The second-order valence-electron chi connectivity index (χ2n) is 5.73. The molecule has 0 N–H and O–H groups in total. The first kappa shape index (κ1) is 14.1. The topological polar surface area (TPSA) is 72.9 Å². The summed E-state index contributed by atoms with van der Waals surface area (Å²) in [4.78, 5) is 6.74. The van der Waals surface area contributed by atoms with E-state index in [1.165, 1.54) is 0 Å². The number of hydrogen-bond acceptors (Lipinski definition) is 6. The molecule has 1 aromatic carbocycles. The molecule has 118 valence electrons. The average molecular weight is 310 g/mol. The minimum Gasteiger partial charge on any atom is -0.424 e. The molecular formula is C16H18N6O. The van der Waals surface area contributed by atoms with Gasteiger partial charge < -0.3 is 4.42 Å². The number of hydrogen-bond donors (Lipinski definition) is 0. The molecule has 1 unspecified atom stereocenters. The third kappa shape index (κ3) is 2.87. The van der Waals surface area contributed by atoms with Crippen molar-refractivity contribution in [1.82, 2.24) is 29.9 Å². The SMILES string of the molecule is Cc1nnc(C2CCCN2Cc2ncn(-c3ccccc3)n2)o1. The molecule has 1 aliphatic rings. The van der Waals surface area contributed by atoms with E-state index in [2.05, 4.69) is 25.2 Å². The Kier molecular flexibility index (Phi) is 3.63. The molecule has 4 rings (SSSR count). The van der Waals surface area contributed by atoms with Crippen LogP contribution in [-0.2, 0) is 6.54 Å². The van der Waals surface area contributed by atoms with Crippen molar-refractivity contribution in [3.05, 3.63) is 54.3 Å². The highest BCUT2D eigenvalue weighted by atomic mass is 16.4.